The molecular weight excluding hydrogens is 178 g/mol. The summed E-state index contributed by atoms with van der Waals surface area (Å²) >= 11 is 0. The second-order valence-electron chi connectivity index (χ2n) is 4.77. The highest BCUT2D eigenvalue weighted by molar-refractivity contribution is 5.89. The van der Waals surface area contributed by atoms with Crippen LogP contribution in [0.1, 0.15) is 19.8 Å². The van der Waals surface area contributed by atoms with Gasteiger partial charge in [0.25, 0.3) is 0 Å². The zero-order valence-corrected chi connectivity index (χ0v) is 8.99. The largest absolute Gasteiger partial charge is 0.336 e. The van der Waals surface area contributed by atoms with E-state index in [1.165, 1.54) is 0 Å². The highest BCUT2D eigenvalue weighted by atomic mass is 16.2. The van der Waals surface area contributed by atoms with Crippen molar-refractivity contribution in [2.45, 2.75) is 31.3 Å². The molecule has 1 atom stereocenters. The summed E-state index contributed by atoms with van der Waals surface area (Å²) in [4.78, 5) is 16.2. The minimum absolute atomic E-state index is 0.165. The third-order valence-electron chi connectivity index (χ3n) is 3.31. The Morgan fingerprint density at radius 2 is 2.07 bits per heavy atom. The first-order valence-electron chi connectivity index (χ1n) is 5.31. The van der Waals surface area contributed by atoms with Crippen molar-refractivity contribution in [3.8, 4) is 0 Å². The van der Waals surface area contributed by atoms with Gasteiger partial charge in [0.05, 0.1) is 5.54 Å². The van der Waals surface area contributed by atoms with Crippen molar-refractivity contribution < 1.29 is 4.79 Å². The number of rotatable bonds is 1. The molecule has 1 amide bonds. The summed E-state index contributed by atoms with van der Waals surface area (Å²) in [6, 6.07) is 0.308. The van der Waals surface area contributed by atoms with Gasteiger partial charge in [-0.2, -0.15) is 0 Å². The Labute approximate surface area is 85.0 Å². The van der Waals surface area contributed by atoms with Gasteiger partial charge in [-0.05, 0) is 26.8 Å². The number of hydrogen-bond acceptors (Lipinski definition) is 3. The molecular formula is C10H19N3O. The molecule has 2 fully saturated rings. The van der Waals surface area contributed by atoms with E-state index in [0.29, 0.717) is 6.04 Å². The maximum absolute atomic E-state index is 12.0. The molecule has 0 aromatic rings. The van der Waals surface area contributed by atoms with Crippen molar-refractivity contribution >= 4 is 5.91 Å². The molecule has 1 saturated carbocycles. The molecule has 1 unspecified atom stereocenters. The Hall–Kier alpha value is -0.610. The molecule has 0 radical (unpaired) electrons. The summed E-state index contributed by atoms with van der Waals surface area (Å²) in [6.45, 7) is 4.85. The van der Waals surface area contributed by atoms with Crippen LogP contribution in [0.2, 0.25) is 0 Å². The van der Waals surface area contributed by atoms with Gasteiger partial charge < -0.3 is 15.5 Å². The summed E-state index contributed by atoms with van der Waals surface area (Å²) in [5.74, 6) is 0.165. The van der Waals surface area contributed by atoms with E-state index in [2.05, 4.69) is 18.9 Å². The fraction of sp³-hybridized carbons (Fsp3) is 0.900. The van der Waals surface area contributed by atoms with E-state index in [4.69, 9.17) is 5.73 Å². The van der Waals surface area contributed by atoms with Crippen LogP contribution in [0.4, 0.5) is 0 Å². The summed E-state index contributed by atoms with van der Waals surface area (Å²) < 4.78 is 0. The van der Waals surface area contributed by atoms with Crippen LogP contribution in [0, 0.1) is 0 Å². The Bertz CT molecular complexity index is 250. The van der Waals surface area contributed by atoms with Crippen LogP contribution in [0.25, 0.3) is 0 Å². The number of hydrogen-bond donors (Lipinski definition) is 1. The van der Waals surface area contributed by atoms with Crippen LogP contribution in [0.15, 0.2) is 0 Å². The zero-order chi connectivity index (χ0) is 10.3. The lowest BCUT2D eigenvalue weighted by atomic mass is 10.1. The average Bonchev–Trinajstić information content (AvgIpc) is 2.84. The van der Waals surface area contributed by atoms with E-state index in [1.54, 1.807) is 0 Å². The van der Waals surface area contributed by atoms with Gasteiger partial charge in [-0.3, -0.25) is 4.79 Å². The van der Waals surface area contributed by atoms with Gasteiger partial charge in [0, 0.05) is 25.7 Å². The predicted octanol–water partition coefficient (Wildman–Crippen LogP) is -0.360. The molecule has 4 heteroatoms. The van der Waals surface area contributed by atoms with E-state index in [9.17, 15) is 4.79 Å². The summed E-state index contributed by atoms with van der Waals surface area (Å²) in [5.41, 5.74) is 5.42. The van der Waals surface area contributed by atoms with Crippen LogP contribution in [0.3, 0.4) is 0 Å². The molecule has 2 aliphatic rings. The normalized spacial score (nSPS) is 31.6. The monoisotopic (exact) mass is 197 g/mol. The third kappa shape index (κ3) is 1.64. The molecule has 0 spiro atoms. The number of nitrogens with zero attached hydrogens (tertiary/aromatic N) is 2. The molecule has 1 heterocycles. The maximum Gasteiger partial charge on any atom is 0.242 e. The van der Waals surface area contributed by atoms with Crippen LogP contribution in [-0.2, 0) is 4.79 Å². The number of piperazine rings is 1. The zero-order valence-electron chi connectivity index (χ0n) is 8.99. The average molecular weight is 197 g/mol. The lowest BCUT2D eigenvalue weighted by molar-refractivity contribution is -0.137. The lowest BCUT2D eigenvalue weighted by Crippen LogP contribution is -2.57. The SMILES string of the molecule is CC1CN(C)CCN1C(=O)C1(N)CC1. The van der Waals surface area contributed by atoms with E-state index in [-0.39, 0.29) is 5.91 Å². The van der Waals surface area contributed by atoms with E-state index in [1.807, 2.05) is 4.90 Å². The van der Waals surface area contributed by atoms with Crippen molar-refractivity contribution in [2.24, 2.45) is 5.73 Å². The second kappa shape index (κ2) is 3.21. The number of nitrogens with two attached hydrogens (primary N) is 1. The minimum Gasteiger partial charge on any atom is -0.336 e. The van der Waals surface area contributed by atoms with Crippen LogP contribution < -0.4 is 5.73 Å². The molecule has 80 valence electrons. The van der Waals surface area contributed by atoms with Gasteiger partial charge in [0.1, 0.15) is 0 Å². The Kier molecular flexibility index (Phi) is 2.27. The Balaban J connectivity index is 2.00. The standard InChI is InChI=1S/C10H19N3O/c1-8-7-12(2)5-6-13(8)9(14)10(11)3-4-10/h8H,3-7,11H2,1-2H3. The van der Waals surface area contributed by atoms with Crippen molar-refractivity contribution in [3.63, 3.8) is 0 Å². The molecule has 0 aromatic carbocycles. The van der Waals surface area contributed by atoms with Crippen molar-refractivity contribution in [2.75, 3.05) is 26.7 Å². The molecule has 1 aliphatic carbocycles. The smallest absolute Gasteiger partial charge is 0.242 e. The van der Waals surface area contributed by atoms with Gasteiger partial charge in [-0.1, -0.05) is 0 Å². The van der Waals surface area contributed by atoms with E-state index >= 15 is 0 Å². The third-order valence-corrected chi connectivity index (χ3v) is 3.31. The van der Waals surface area contributed by atoms with Crippen LogP contribution in [0.5, 0.6) is 0 Å². The molecule has 1 aliphatic heterocycles. The quantitative estimate of drug-likeness (QED) is 0.624. The number of amides is 1. The number of carbonyl (C=O) groups excluding carboxylic acids is 1. The van der Waals surface area contributed by atoms with Gasteiger partial charge in [-0.15, -0.1) is 0 Å². The summed E-state index contributed by atoms with van der Waals surface area (Å²) in [7, 11) is 2.09. The molecule has 0 aromatic heterocycles. The van der Waals surface area contributed by atoms with Gasteiger partial charge in [0.15, 0.2) is 0 Å². The first kappa shape index (κ1) is 9.93. The van der Waals surface area contributed by atoms with Crippen molar-refractivity contribution in [1.29, 1.82) is 0 Å². The summed E-state index contributed by atoms with van der Waals surface area (Å²) in [6.07, 6.45) is 1.73. The molecule has 0 bridgehead atoms. The first-order valence-corrected chi connectivity index (χ1v) is 5.31. The molecule has 2 N–H and O–H groups in total. The Morgan fingerprint density at radius 1 is 1.43 bits per heavy atom. The van der Waals surface area contributed by atoms with Crippen LogP contribution >= 0.6 is 0 Å². The van der Waals surface area contributed by atoms with E-state index < -0.39 is 5.54 Å². The minimum atomic E-state index is -0.496. The topological polar surface area (TPSA) is 49.6 Å². The highest BCUT2D eigenvalue weighted by Gasteiger charge is 2.49. The fourth-order valence-electron chi connectivity index (χ4n) is 2.08. The van der Waals surface area contributed by atoms with Crippen molar-refractivity contribution in [3.05, 3.63) is 0 Å². The second-order valence-corrected chi connectivity index (χ2v) is 4.77. The molecule has 14 heavy (non-hydrogen) atoms. The number of carbonyl (C=O) groups is 1. The fourth-order valence-corrected chi connectivity index (χ4v) is 2.08. The lowest BCUT2D eigenvalue weighted by Gasteiger charge is -2.39. The predicted molar refractivity (Wildman–Crippen MR) is 54.8 cm³/mol. The van der Waals surface area contributed by atoms with Crippen molar-refractivity contribution in [1.82, 2.24) is 9.80 Å². The van der Waals surface area contributed by atoms with E-state index in [0.717, 1.165) is 32.5 Å². The van der Waals surface area contributed by atoms with Gasteiger partial charge in [-0.25, -0.2) is 0 Å². The van der Waals surface area contributed by atoms with Gasteiger partial charge >= 0.3 is 0 Å². The maximum atomic E-state index is 12.0. The molecule has 4 nitrogen and oxygen atoms in total. The number of likely N-dealkylation sites (N-methyl/N-ethyl adjacent to an activating group) is 1. The summed E-state index contributed by atoms with van der Waals surface area (Å²) in [5, 5.41) is 0. The highest BCUT2D eigenvalue weighted by Crippen LogP contribution is 2.34. The van der Waals surface area contributed by atoms with Crippen LogP contribution in [-0.4, -0.2) is 54.0 Å². The van der Waals surface area contributed by atoms with Gasteiger partial charge in [0.2, 0.25) is 5.91 Å². The molecule has 2 rings (SSSR count). The Morgan fingerprint density at radius 3 is 2.57 bits per heavy atom. The first-order chi connectivity index (χ1) is 6.53. The molecule has 1 saturated heterocycles.